The number of hydrogen-bond donors (Lipinski definition) is 0. The van der Waals surface area contributed by atoms with Crippen molar-refractivity contribution < 1.29 is 0 Å². The first kappa shape index (κ1) is 15.3. The molecule has 3 heterocycles. The molecule has 0 bridgehead atoms. The third kappa shape index (κ3) is 2.41. The molecule has 4 aromatic rings. The molecule has 1 aromatic carbocycles. The van der Waals surface area contributed by atoms with E-state index in [0.717, 1.165) is 40.7 Å². The van der Waals surface area contributed by atoms with E-state index in [0.29, 0.717) is 17.6 Å². The van der Waals surface area contributed by atoms with E-state index in [9.17, 15) is 0 Å². The number of aromatic nitrogens is 6. The lowest BCUT2D eigenvalue weighted by atomic mass is 10.2. The van der Waals surface area contributed by atoms with Crippen molar-refractivity contribution in [1.82, 2.24) is 29.1 Å². The normalized spacial score (nSPS) is 19.2. The topological polar surface area (TPSA) is 60.9 Å². The van der Waals surface area contributed by atoms with Gasteiger partial charge in [0.25, 0.3) is 5.78 Å². The Morgan fingerprint density at radius 3 is 2.62 bits per heavy atom. The van der Waals surface area contributed by atoms with E-state index in [1.165, 1.54) is 0 Å². The minimum Gasteiger partial charge on any atom is -0.337 e. The highest BCUT2D eigenvalue weighted by Crippen LogP contribution is 2.53. The Bertz CT molecular complexity index is 1110. The minimum atomic E-state index is 0.320. The number of nitrogens with zero attached hydrogens (tertiary/aromatic N) is 6. The minimum absolute atomic E-state index is 0.320. The van der Waals surface area contributed by atoms with Gasteiger partial charge < -0.3 is 4.57 Å². The summed E-state index contributed by atoms with van der Waals surface area (Å²) in [5, 5.41) is 4.69. The lowest BCUT2D eigenvalue weighted by Gasteiger charge is -1.98. The Hall–Kier alpha value is -3.02. The Morgan fingerprint density at radius 1 is 1.00 bits per heavy atom. The van der Waals surface area contributed by atoms with Gasteiger partial charge in [0.2, 0.25) is 0 Å². The Balaban J connectivity index is 1.46. The van der Waals surface area contributed by atoms with Gasteiger partial charge in [-0.1, -0.05) is 30.3 Å². The van der Waals surface area contributed by atoms with Crippen LogP contribution < -0.4 is 0 Å². The van der Waals surface area contributed by atoms with Gasteiger partial charge in [0.15, 0.2) is 5.82 Å². The first-order valence-corrected chi connectivity index (χ1v) is 8.90. The number of fused-ring (bicyclic) bond motifs is 1. The fourth-order valence-electron chi connectivity index (χ4n) is 3.68. The van der Waals surface area contributed by atoms with Crippen molar-refractivity contribution >= 4 is 5.78 Å². The van der Waals surface area contributed by atoms with Crippen LogP contribution in [0.4, 0.5) is 0 Å². The van der Waals surface area contributed by atoms with E-state index < -0.39 is 0 Å². The van der Waals surface area contributed by atoms with Crippen LogP contribution >= 0.6 is 0 Å². The van der Waals surface area contributed by atoms with Crippen molar-refractivity contribution in [3.8, 4) is 11.3 Å². The molecule has 1 saturated carbocycles. The average Bonchev–Trinajstić information content (AvgIpc) is 3.13. The molecule has 0 aliphatic heterocycles. The lowest BCUT2D eigenvalue weighted by molar-refractivity contribution is 0.768. The van der Waals surface area contributed by atoms with Gasteiger partial charge in [-0.3, -0.25) is 0 Å². The van der Waals surface area contributed by atoms with E-state index in [1.54, 1.807) is 0 Å². The average molecular weight is 344 g/mol. The number of aryl methyl sites for hydroxylation is 3. The van der Waals surface area contributed by atoms with E-state index in [2.05, 4.69) is 39.9 Å². The van der Waals surface area contributed by atoms with Crippen molar-refractivity contribution in [2.45, 2.75) is 32.1 Å². The second kappa shape index (κ2) is 5.49. The molecular weight excluding hydrogens is 324 g/mol. The van der Waals surface area contributed by atoms with Gasteiger partial charge in [-0.15, -0.1) is 5.10 Å². The fraction of sp³-hybridized carbons (Fsp3) is 0.300. The highest BCUT2D eigenvalue weighted by molar-refractivity contribution is 5.58. The van der Waals surface area contributed by atoms with Gasteiger partial charge in [0.1, 0.15) is 5.82 Å². The summed E-state index contributed by atoms with van der Waals surface area (Å²) >= 11 is 0. The second-order valence-electron chi connectivity index (χ2n) is 7.13. The molecule has 1 aliphatic carbocycles. The fourth-order valence-corrected chi connectivity index (χ4v) is 3.68. The van der Waals surface area contributed by atoms with Gasteiger partial charge in [0, 0.05) is 42.0 Å². The van der Waals surface area contributed by atoms with Gasteiger partial charge in [-0.2, -0.15) is 4.98 Å². The third-order valence-corrected chi connectivity index (χ3v) is 5.07. The van der Waals surface area contributed by atoms with Crippen molar-refractivity contribution in [3.63, 3.8) is 0 Å². The number of rotatable bonds is 3. The maximum Gasteiger partial charge on any atom is 0.252 e. The Labute approximate surface area is 151 Å². The Morgan fingerprint density at radius 2 is 1.81 bits per heavy atom. The highest BCUT2D eigenvalue weighted by atomic mass is 15.3. The molecule has 0 N–H and O–H groups in total. The number of imidazole rings is 1. The summed E-state index contributed by atoms with van der Waals surface area (Å²) in [6, 6.07) is 12.3. The predicted molar refractivity (Wildman–Crippen MR) is 99.0 cm³/mol. The summed E-state index contributed by atoms with van der Waals surface area (Å²) in [5.74, 6) is 3.36. The SMILES string of the molecule is Cc1cc(C)n2nc(C3CC3c3nc(-c4ccccc4)cn3C)nc2n1. The lowest BCUT2D eigenvalue weighted by Crippen LogP contribution is -1.98. The summed E-state index contributed by atoms with van der Waals surface area (Å²) < 4.78 is 3.97. The van der Waals surface area contributed by atoms with Crippen LogP contribution in [-0.4, -0.2) is 29.1 Å². The van der Waals surface area contributed by atoms with E-state index in [1.807, 2.05) is 42.6 Å². The van der Waals surface area contributed by atoms with E-state index >= 15 is 0 Å². The van der Waals surface area contributed by atoms with Crippen molar-refractivity contribution in [2.24, 2.45) is 7.05 Å². The van der Waals surface area contributed by atoms with Gasteiger partial charge in [0.05, 0.1) is 5.69 Å². The zero-order valence-corrected chi connectivity index (χ0v) is 15.1. The summed E-state index contributed by atoms with van der Waals surface area (Å²) in [7, 11) is 2.07. The molecule has 0 saturated heterocycles. The number of benzene rings is 1. The molecule has 2 atom stereocenters. The molecule has 1 aliphatic rings. The zero-order valence-electron chi connectivity index (χ0n) is 15.1. The molecule has 130 valence electrons. The zero-order chi connectivity index (χ0) is 17.8. The van der Waals surface area contributed by atoms with Crippen LogP contribution in [0.3, 0.4) is 0 Å². The monoisotopic (exact) mass is 344 g/mol. The van der Waals surface area contributed by atoms with Crippen molar-refractivity contribution in [1.29, 1.82) is 0 Å². The molecule has 0 amide bonds. The van der Waals surface area contributed by atoms with Crippen LogP contribution in [0.25, 0.3) is 17.0 Å². The van der Waals surface area contributed by atoms with Crippen LogP contribution in [-0.2, 0) is 7.05 Å². The molecule has 6 nitrogen and oxygen atoms in total. The van der Waals surface area contributed by atoms with Crippen LogP contribution in [0.5, 0.6) is 0 Å². The molecule has 1 fully saturated rings. The van der Waals surface area contributed by atoms with Crippen molar-refractivity contribution in [3.05, 3.63) is 65.6 Å². The molecule has 3 aromatic heterocycles. The maximum atomic E-state index is 4.89. The largest absolute Gasteiger partial charge is 0.337 e. The first-order valence-electron chi connectivity index (χ1n) is 8.90. The van der Waals surface area contributed by atoms with Gasteiger partial charge >= 0.3 is 0 Å². The molecule has 6 heteroatoms. The number of hydrogen-bond acceptors (Lipinski definition) is 4. The van der Waals surface area contributed by atoms with Gasteiger partial charge in [-0.05, 0) is 26.3 Å². The third-order valence-electron chi connectivity index (χ3n) is 5.07. The second-order valence-corrected chi connectivity index (χ2v) is 7.13. The van der Waals surface area contributed by atoms with Crippen molar-refractivity contribution in [2.75, 3.05) is 0 Å². The smallest absolute Gasteiger partial charge is 0.252 e. The molecular formula is C20H20N6. The van der Waals surface area contributed by atoms with Crippen LogP contribution in [0, 0.1) is 13.8 Å². The van der Waals surface area contributed by atoms with Crippen LogP contribution in [0.1, 0.15) is 41.3 Å². The maximum absolute atomic E-state index is 4.89. The highest BCUT2D eigenvalue weighted by Gasteiger charge is 2.45. The van der Waals surface area contributed by atoms with Gasteiger partial charge in [-0.25, -0.2) is 14.5 Å². The predicted octanol–water partition coefficient (Wildman–Crippen LogP) is 3.41. The van der Waals surface area contributed by atoms with Crippen LogP contribution in [0.2, 0.25) is 0 Å². The van der Waals surface area contributed by atoms with E-state index in [-0.39, 0.29) is 0 Å². The van der Waals surface area contributed by atoms with E-state index in [4.69, 9.17) is 10.1 Å². The Kier molecular flexibility index (Phi) is 3.22. The molecule has 0 radical (unpaired) electrons. The van der Waals surface area contributed by atoms with Crippen LogP contribution in [0.15, 0.2) is 42.6 Å². The summed E-state index contributed by atoms with van der Waals surface area (Å²) in [6.45, 7) is 4.02. The summed E-state index contributed by atoms with van der Waals surface area (Å²) in [5.41, 5.74) is 4.20. The first-order chi connectivity index (χ1) is 12.6. The molecule has 2 unspecified atom stereocenters. The molecule has 0 spiro atoms. The standard InChI is InChI=1S/C20H20N6/c1-12-9-13(2)26-20(21-12)23-18(24-26)15-10-16(15)19-22-17(11-25(19)3)14-7-5-4-6-8-14/h4-9,11,15-16H,10H2,1-3H3. The molecule has 5 rings (SSSR count). The quantitative estimate of drug-likeness (QED) is 0.571. The summed E-state index contributed by atoms with van der Waals surface area (Å²) in [4.78, 5) is 14.1. The molecule has 26 heavy (non-hydrogen) atoms. The summed E-state index contributed by atoms with van der Waals surface area (Å²) in [6.07, 6.45) is 3.14.